The number of hydrogen-bond donors (Lipinski definition) is 2. The van der Waals surface area contributed by atoms with Crippen molar-refractivity contribution in [2.45, 2.75) is 39.2 Å². The minimum absolute atomic E-state index is 0.202. The summed E-state index contributed by atoms with van der Waals surface area (Å²) >= 11 is 5.26. The lowest BCUT2D eigenvalue weighted by atomic mass is 9.95. The zero-order valence-electron chi connectivity index (χ0n) is 16.2. The summed E-state index contributed by atoms with van der Waals surface area (Å²) in [5.41, 5.74) is 2.11. The van der Waals surface area contributed by atoms with Crippen LogP contribution in [0.15, 0.2) is 35.5 Å². The maximum Gasteiger partial charge on any atom is 0.338 e. The number of rotatable bonds is 10. The van der Waals surface area contributed by atoms with Gasteiger partial charge in [-0.15, -0.1) is 0 Å². The van der Waals surface area contributed by atoms with Crippen LogP contribution in [0.25, 0.3) is 0 Å². The molecule has 148 valence electrons. The SMILES string of the molecule is CCCCCOc1ccc([C@H]2NC(=S)NC(C)=C2C(=O)OCCOC)cc1. The first-order chi connectivity index (χ1) is 13.1. The van der Waals surface area contributed by atoms with E-state index in [0.717, 1.165) is 24.2 Å². The van der Waals surface area contributed by atoms with Crippen molar-refractivity contribution >= 4 is 23.3 Å². The molecule has 1 heterocycles. The molecule has 0 unspecified atom stereocenters. The number of carbonyl (C=O) groups excluding carboxylic acids is 1. The number of benzene rings is 1. The third kappa shape index (κ3) is 6.22. The highest BCUT2D eigenvalue weighted by Crippen LogP contribution is 2.29. The standard InChI is InChI=1S/C20H28N2O4S/c1-4-5-6-11-25-16-9-7-15(8-10-16)18-17(14(2)21-20(27)22-18)19(23)26-13-12-24-3/h7-10,18H,4-6,11-13H2,1-3H3,(H2,21,22,27)/t18-/m1/s1. The van der Waals surface area contributed by atoms with Gasteiger partial charge in [-0.1, -0.05) is 31.9 Å². The van der Waals surface area contributed by atoms with Gasteiger partial charge in [0.1, 0.15) is 12.4 Å². The van der Waals surface area contributed by atoms with Crippen molar-refractivity contribution in [3.05, 3.63) is 41.1 Å². The number of nitrogens with one attached hydrogen (secondary N) is 2. The molecule has 6 nitrogen and oxygen atoms in total. The van der Waals surface area contributed by atoms with Crippen LogP contribution in [0.2, 0.25) is 0 Å². The van der Waals surface area contributed by atoms with Crippen LogP contribution in [0.1, 0.15) is 44.7 Å². The normalized spacial score (nSPS) is 16.6. The Morgan fingerprint density at radius 3 is 2.56 bits per heavy atom. The average Bonchev–Trinajstić information content (AvgIpc) is 2.65. The molecule has 2 N–H and O–H groups in total. The predicted octanol–water partition coefficient (Wildman–Crippen LogP) is 3.24. The molecule has 0 radical (unpaired) electrons. The number of methoxy groups -OCH3 is 1. The number of unbranched alkanes of at least 4 members (excludes halogenated alkanes) is 2. The van der Waals surface area contributed by atoms with E-state index in [4.69, 9.17) is 26.4 Å². The second kappa shape index (κ2) is 10.9. The molecule has 7 heteroatoms. The lowest BCUT2D eigenvalue weighted by molar-refractivity contribution is -0.140. The molecule has 1 aromatic rings. The number of ether oxygens (including phenoxy) is 3. The van der Waals surface area contributed by atoms with Crippen molar-refractivity contribution in [2.75, 3.05) is 26.9 Å². The maximum absolute atomic E-state index is 12.6. The third-order valence-corrected chi connectivity index (χ3v) is 4.46. The fourth-order valence-electron chi connectivity index (χ4n) is 2.81. The Hall–Kier alpha value is -2.12. The number of esters is 1. The van der Waals surface area contributed by atoms with Gasteiger partial charge in [0.15, 0.2) is 5.11 Å². The van der Waals surface area contributed by atoms with Gasteiger partial charge in [-0.3, -0.25) is 0 Å². The van der Waals surface area contributed by atoms with Gasteiger partial charge in [-0.2, -0.15) is 0 Å². The third-order valence-electron chi connectivity index (χ3n) is 4.24. The molecule has 1 aliphatic heterocycles. The van der Waals surface area contributed by atoms with Crippen LogP contribution in [-0.4, -0.2) is 38.0 Å². The molecule has 0 saturated carbocycles. The molecular formula is C20H28N2O4S. The zero-order chi connectivity index (χ0) is 19.6. The lowest BCUT2D eigenvalue weighted by Gasteiger charge is -2.30. The van der Waals surface area contributed by atoms with Gasteiger partial charge in [-0.05, 0) is 43.3 Å². The Kier molecular flexibility index (Phi) is 8.54. The van der Waals surface area contributed by atoms with Crippen LogP contribution in [0, 0.1) is 0 Å². The van der Waals surface area contributed by atoms with Gasteiger partial charge >= 0.3 is 5.97 Å². The van der Waals surface area contributed by atoms with Crippen LogP contribution in [0.5, 0.6) is 5.75 Å². The molecule has 27 heavy (non-hydrogen) atoms. The number of allylic oxidation sites excluding steroid dienone is 1. The van der Waals surface area contributed by atoms with Crippen molar-refractivity contribution in [3.8, 4) is 5.75 Å². The summed E-state index contributed by atoms with van der Waals surface area (Å²) in [5, 5.41) is 6.63. The second-order valence-corrected chi connectivity index (χ2v) is 6.73. The summed E-state index contributed by atoms with van der Waals surface area (Å²) in [5.74, 6) is 0.424. The summed E-state index contributed by atoms with van der Waals surface area (Å²) in [6.45, 7) is 5.25. The van der Waals surface area contributed by atoms with E-state index >= 15 is 0 Å². The summed E-state index contributed by atoms with van der Waals surface area (Å²) in [6, 6.07) is 7.34. The van der Waals surface area contributed by atoms with Gasteiger partial charge in [0.05, 0.1) is 24.8 Å². The lowest BCUT2D eigenvalue weighted by Crippen LogP contribution is -2.45. The van der Waals surface area contributed by atoms with Crippen molar-refractivity contribution in [3.63, 3.8) is 0 Å². The van der Waals surface area contributed by atoms with E-state index < -0.39 is 5.97 Å². The summed E-state index contributed by atoms with van der Waals surface area (Å²) in [4.78, 5) is 12.6. The quantitative estimate of drug-likeness (QED) is 0.360. The fraction of sp³-hybridized carbons (Fsp3) is 0.500. The Labute approximate surface area is 166 Å². The topological polar surface area (TPSA) is 68.8 Å². The molecule has 1 atom stereocenters. The van der Waals surface area contributed by atoms with E-state index in [1.54, 1.807) is 7.11 Å². The van der Waals surface area contributed by atoms with E-state index in [0.29, 0.717) is 29.6 Å². The van der Waals surface area contributed by atoms with E-state index in [-0.39, 0.29) is 12.6 Å². The smallest absolute Gasteiger partial charge is 0.338 e. The molecule has 1 aromatic carbocycles. The Morgan fingerprint density at radius 2 is 1.89 bits per heavy atom. The highest BCUT2D eigenvalue weighted by Gasteiger charge is 2.30. The second-order valence-electron chi connectivity index (χ2n) is 6.32. The molecule has 0 amide bonds. The van der Waals surface area contributed by atoms with Crippen molar-refractivity contribution in [1.29, 1.82) is 0 Å². The molecule has 0 spiro atoms. The Balaban J connectivity index is 2.11. The molecule has 0 aliphatic carbocycles. The Bertz CT molecular complexity index is 673. The van der Waals surface area contributed by atoms with Gasteiger partial charge < -0.3 is 24.8 Å². The van der Waals surface area contributed by atoms with Gasteiger partial charge in [0.2, 0.25) is 0 Å². The molecule has 1 aliphatic rings. The monoisotopic (exact) mass is 392 g/mol. The maximum atomic E-state index is 12.6. The molecule has 0 saturated heterocycles. The summed E-state index contributed by atoms with van der Waals surface area (Å²) < 4.78 is 16.0. The first-order valence-corrected chi connectivity index (χ1v) is 9.64. The van der Waals surface area contributed by atoms with Gasteiger partial charge in [-0.25, -0.2) is 4.79 Å². The molecule has 0 aromatic heterocycles. The van der Waals surface area contributed by atoms with E-state index in [1.165, 1.54) is 6.42 Å². The van der Waals surface area contributed by atoms with Crippen LogP contribution in [-0.2, 0) is 14.3 Å². The number of thiocarbonyl (C=S) groups is 1. The van der Waals surface area contributed by atoms with Crippen LogP contribution < -0.4 is 15.4 Å². The van der Waals surface area contributed by atoms with E-state index in [9.17, 15) is 4.79 Å². The van der Waals surface area contributed by atoms with Crippen LogP contribution in [0.4, 0.5) is 0 Å². The highest BCUT2D eigenvalue weighted by molar-refractivity contribution is 7.80. The number of carbonyl (C=O) groups is 1. The Morgan fingerprint density at radius 1 is 1.15 bits per heavy atom. The summed E-state index contributed by atoms with van der Waals surface area (Å²) in [6.07, 6.45) is 3.37. The van der Waals surface area contributed by atoms with E-state index in [1.807, 2.05) is 31.2 Å². The van der Waals surface area contributed by atoms with E-state index in [2.05, 4.69) is 17.6 Å². The highest BCUT2D eigenvalue weighted by atomic mass is 32.1. The fourth-order valence-corrected chi connectivity index (χ4v) is 3.08. The first kappa shape index (κ1) is 21.2. The van der Waals surface area contributed by atoms with Crippen LogP contribution in [0.3, 0.4) is 0 Å². The van der Waals surface area contributed by atoms with Crippen molar-refractivity contribution in [2.24, 2.45) is 0 Å². The van der Waals surface area contributed by atoms with Crippen molar-refractivity contribution in [1.82, 2.24) is 10.6 Å². The largest absolute Gasteiger partial charge is 0.494 e. The first-order valence-electron chi connectivity index (χ1n) is 9.24. The minimum Gasteiger partial charge on any atom is -0.494 e. The van der Waals surface area contributed by atoms with Crippen LogP contribution >= 0.6 is 12.2 Å². The molecular weight excluding hydrogens is 364 g/mol. The predicted molar refractivity (Wildman–Crippen MR) is 109 cm³/mol. The van der Waals surface area contributed by atoms with Crippen molar-refractivity contribution < 1.29 is 19.0 Å². The summed E-state index contributed by atoms with van der Waals surface area (Å²) in [7, 11) is 1.56. The molecule has 0 fully saturated rings. The minimum atomic E-state index is -0.392. The molecule has 2 rings (SSSR count). The average molecular weight is 393 g/mol. The molecule has 0 bridgehead atoms. The zero-order valence-corrected chi connectivity index (χ0v) is 17.0. The van der Waals surface area contributed by atoms with Gasteiger partial charge in [0.25, 0.3) is 0 Å². The number of hydrogen-bond acceptors (Lipinski definition) is 5. The van der Waals surface area contributed by atoms with Gasteiger partial charge in [0, 0.05) is 12.8 Å².